The third kappa shape index (κ3) is 7.31. The number of ether oxygens (including phenoxy) is 2. The summed E-state index contributed by atoms with van der Waals surface area (Å²) in [6.07, 6.45) is 0. The number of benzene rings is 2. The van der Waals surface area contributed by atoms with Gasteiger partial charge in [0.15, 0.2) is 6.61 Å². The number of methoxy groups -OCH3 is 1. The molecule has 0 aliphatic rings. The lowest BCUT2D eigenvalue weighted by atomic mass is 10.1. The van der Waals surface area contributed by atoms with Crippen LogP contribution in [0, 0.1) is 19.8 Å². The van der Waals surface area contributed by atoms with E-state index < -0.39 is 6.04 Å². The molecule has 2 aromatic carbocycles. The fourth-order valence-electron chi connectivity index (χ4n) is 3.15. The van der Waals surface area contributed by atoms with Crippen LogP contribution in [0.2, 0.25) is 0 Å². The van der Waals surface area contributed by atoms with E-state index in [0.717, 1.165) is 22.4 Å². The van der Waals surface area contributed by atoms with E-state index in [1.54, 1.807) is 18.9 Å². The fraction of sp³-hybridized carbons (Fsp3) is 0.440. The second-order valence-electron chi connectivity index (χ2n) is 8.24. The highest BCUT2D eigenvalue weighted by Crippen LogP contribution is 2.20. The van der Waals surface area contributed by atoms with Crippen LogP contribution in [-0.4, -0.2) is 43.0 Å². The summed E-state index contributed by atoms with van der Waals surface area (Å²) in [7, 11) is 1.61. The van der Waals surface area contributed by atoms with E-state index in [1.165, 1.54) is 0 Å². The van der Waals surface area contributed by atoms with Gasteiger partial charge in [-0.05, 0) is 56.0 Å². The standard InChI is InChI=1S/C25H34N2O4/c1-17(2)14-26-25(29)20(5)27(15-21-8-10-22(30-6)11-9-21)24(28)16-31-23-12-7-18(3)13-19(23)4/h7-13,17,20H,14-16H2,1-6H3,(H,26,29). The molecule has 1 N–H and O–H groups in total. The van der Waals surface area contributed by atoms with Gasteiger partial charge in [-0.3, -0.25) is 9.59 Å². The van der Waals surface area contributed by atoms with Gasteiger partial charge in [0.25, 0.3) is 5.91 Å². The van der Waals surface area contributed by atoms with E-state index in [1.807, 2.05) is 70.2 Å². The SMILES string of the molecule is COc1ccc(CN(C(=O)COc2ccc(C)cc2C)C(C)C(=O)NCC(C)C)cc1. The van der Waals surface area contributed by atoms with Crippen molar-refractivity contribution in [2.75, 3.05) is 20.3 Å². The summed E-state index contributed by atoms with van der Waals surface area (Å²) in [5.74, 6) is 1.31. The lowest BCUT2D eigenvalue weighted by Crippen LogP contribution is -2.49. The maximum Gasteiger partial charge on any atom is 0.261 e. The van der Waals surface area contributed by atoms with Crippen LogP contribution >= 0.6 is 0 Å². The van der Waals surface area contributed by atoms with E-state index >= 15 is 0 Å². The summed E-state index contributed by atoms with van der Waals surface area (Å²) in [6.45, 7) is 10.5. The van der Waals surface area contributed by atoms with Gasteiger partial charge < -0.3 is 19.7 Å². The van der Waals surface area contributed by atoms with Gasteiger partial charge >= 0.3 is 0 Å². The highest BCUT2D eigenvalue weighted by Gasteiger charge is 2.26. The molecule has 0 bridgehead atoms. The maximum absolute atomic E-state index is 13.1. The van der Waals surface area contributed by atoms with Crippen LogP contribution in [0.15, 0.2) is 42.5 Å². The molecule has 1 unspecified atom stereocenters. The first-order valence-corrected chi connectivity index (χ1v) is 10.6. The van der Waals surface area contributed by atoms with Crippen molar-refractivity contribution in [3.8, 4) is 11.5 Å². The molecular formula is C25H34N2O4. The Morgan fingerprint density at radius 2 is 1.71 bits per heavy atom. The number of hydrogen-bond acceptors (Lipinski definition) is 4. The van der Waals surface area contributed by atoms with E-state index in [9.17, 15) is 9.59 Å². The molecule has 2 amide bonds. The van der Waals surface area contributed by atoms with E-state index in [-0.39, 0.29) is 18.4 Å². The predicted molar refractivity (Wildman–Crippen MR) is 122 cm³/mol. The molecule has 0 aromatic heterocycles. The number of carbonyl (C=O) groups is 2. The summed E-state index contributed by atoms with van der Waals surface area (Å²) in [6, 6.07) is 12.7. The van der Waals surface area contributed by atoms with Crippen LogP contribution < -0.4 is 14.8 Å². The zero-order chi connectivity index (χ0) is 23.0. The lowest BCUT2D eigenvalue weighted by Gasteiger charge is -2.29. The quantitative estimate of drug-likeness (QED) is 0.626. The molecule has 6 heteroatoms. The Kier molecular flexibility index (Phi) is 8.91. The minimum atomic E-state index is -0.629. The van der Waals surface area contributed by atoms with Crippen molar-refractivity contribution in [3.63, 3.8) is 0 Å². The Balaban J connectivity index is 2.15. The highest BCUT2D eigenvalue weighted by molar-refractivity contribution is 5.88. The van der Waals surface area contributed by atoms with Crippen molar-refractivity contribution in [1.29, 1.82) is 0 Å². The molecule has 2 rings (SSSR count). The molecule has 0 radical (unpaired) electrons. The number of aryl methyl sites for hydroxylation is 2. The van der Waals surface area contributed by atoms with Crippen LogP contribution in [0.25, 0.3) is 0 Å². The third-order valence-corrected chi connectivity index (χ3v) is 5.05. The number of nitrogens with zero attached hydrogens (tertiary/aromatic N) is 1. The smallest absolute Gasteiger partial charge is 0.261 e. The Morgan fingerprint density at radius 3 is 2.29 bits per heavy atom. The Bertz CT molecular complexity index is 878. The van der Waals surface area contributed by atoms with Crippen LogP contribution in [0.5, 0.6) is 11.5 Å². The number of hydrogen-bond donors (Lipinski definition) is 1. The summed E-state index contributed by atoms with van der Waals surface area (Å²) < 4.78 is 11.0. The Labute approximate surface area is 185 Å². The molecule has 0 fully saturated rings. The minimum absolute atomic E-state index is 0.137. The normalized spacial score (nSPS) is 11.7. The van der Waals surface area contributed by atoms with Gasteiger partial charge in [0.05, 0.1) is 7.11 Å². The lowest BCUT2D eigenvalue weighted by molar-refractivity contribution is -0.142. The molecule has 0 saturated carbocycles. The van der Waals surface area contributed by atoms with Crippen LogP contribution in [0.3, 0.4) is 0 Å². The number of nitrogens with one attached hydrogen (secondary N) is 1. The predicted octanol–water partition coefficient (Wildman–Crippen LogP) is 3.88. The molecule has 0 aliphatic heterocycles. The van der Waals surface area contributed by atoms with Crippen molar-refractivity contribution < 1.29 is 19.1 Å². The van der Waals surface area contributed by atoms with Crippen LogP contribution in [0.4, 0.5) is 0 Å². The highest BCUT2D eigenvalue weighted by atomic mass is 16.5. The van der Waals surface area contributed by atoms with Gasteiger partial charge in [-0.1, -0.05) is 43.7 Å². The van der Waals surface area contributed by atoms with Crippen molar-refractivity contribution in [1.82, 2.24) is 10.2 Å². The Hall–Kier alpha value is -3.02. The molecular weight excluding hydrogens is 392 g/mol. The van der Waals surface area contributed by atoms with Crippen LogP contribution in [0.1, 0.15) is 37.5 Å². The molecule has 31 heavy (non-hydrogen) atoms. The first-order chi connectivity index (χ1) is 14.7. The summed E-state index contributed by atoms with van der Waals surface area (Å²) in [5, 5.41) is 2.92. The summed E-state index contributed by atoms with van der Waals surface area (Å²) >= 11 is 0. The summed E-state index contributed by atoms with van der Waals surface area (Å²) in [5.41, 5.74) is 3.01. The van der Waals surface area contributed by atoms with Gasteiger partial charge in [-0.2, -0.15) is 0 Å². The van der Waals surface area contributed by atoms with Crippen molar-refractivity contribution in [2.24, 2.45) is 5.92 Å². The summed E-state index contributed by atoms with van der Waals surface area (Å²) in [4.78, 5) is 27.3. The first kappa shape index (κ1) is 24.3. The second kappa shape index (κ2) is 11.4. The van der Waals surface area contributed by atoms with Crippen molar-refractivity contribution >= 4 is 11.8 Å². The number of carbonyl (C=O) groups excluding carboxylic acids is 2. The zero-order valence-corrected chi connectivity index (χ0v) is 19.4. The minimum Gasteiger partial charge on any atom is -0.497 e. The van der Waals surface area contributed by atoms with Gasteiger partial charge in [-0.15, -0.1) is 0 Å². The molecule has 0 heterocycles. The second-order valence-corrected chi connectivity index (χ2v) is 8.24. The third-order valence-electron chi connectivity index (χ3n) is 5.05. The van der Waals surface area contributed by atoms with E-state index in [2.05, 4.69) is 5.32 Å². The number of amides is 2. The topological polar surface area (TPSA) is 67.9 Å². The van der Waals surface area contributed by atoms with Gasteiger partial charge in [0.1, 0.15) is 17.5 Å². The zero-order valence-electron chi connectivity index (χ0n) is 19.4. The largest absolute Gasteiger partial charge is 0.497 e. The molecule has 168 valence electrons. The van der Waals surface area contributed by atoms with E-state index in [0.29, 0.717) is 24.8 Å². The van der Waals surface area contributed by atoms with Gasteiger partial charge in [-0.25, -0.2) is 0 Å². The molecule has 0 spiro atoms. The van der Waals surface area contributed by atoms with E-state index in [4.69, 9.17) is 9.47 Å². The average Bonchev–Trinajstić information content (AvgIpc) is 2.74. The molecule has 0 saturated heterocycles. The maximum atomic E-state index is 13.1. The number of rotatable bonds is 10. The molecule has 6 nitrogen and oxygen atoms in total. The van der Waals surface area contributed by atoms with Gasteiger partial charge in [0, 0.05) is 13.1 Å². The average molecular weight is 427 g/mol. The molecule has 1 atom stereocenters. The van der Waals surface area contributed by atoms with Crippen molar-refractivity contribution in [2.45, 2.75) is 47.2 Å². The van der Waals surface area contributed by atoms with Gasteiger partial charge in [0.2, 0.25) is 5.91 Å². The Morgan fingerprint density at radius 1 is 1.03 bits per heavy atom. The fourth-order valence-corrected chi connectivity index (χ4v) is 3.15. The first-order valence-electron chi connectivity index (χ1n) is 10.6. The van der Waals surface area contributed by atoms with Crippen molar-refractivity contribution in [3.05, 3.63) is 59.2 Å². The monoisotopic (exact) mass is 426 g/mol. The molecule has 2 aromatic rings. The molecule has 0 aliphatic carbocycles. The van der Waals surface area contributed by atoms with Crippen LogP contribution in [-0.2, 0) is 16.1 Å².